The fraction of sp³-hybridized carbons (Fsp3) is 0.559. The molecular formula is C34H51N5O6. The predicted molar refractivity (Wildman–Crippen MR) is 174 cm³/mol. The smallest absolute Gasteiger partial charge is 0.407 e. The van der Waals surface area contributed by atoms with E-state index in [4.69, 9.17) is 4.74 Å². The molecule has 1 heterocycles. The molecule has 1 saturated heterocycles. The van der Waals surface area contributed by atoms with Gasteiger partial charge in [-0.25, -0.2) is 9.59 Å². The summed E-state index contributed by atoms with van der Waals surface area (Å²) in [6.07, 6.45) is -3.29. The molecular weight excluding hydrogens is 574 g/mol. The Morgan fingerprint density at radius 1 is 0.778 bits per heavy atom. The van der Waals surface area contributed by atoms with Gasteiger partial charge in [0.25, 0.3) is 0 Å². The first-order valence-corrected chi connectivity index (χ1v) is 15.7. The number of alkyl carbamates (subject to hydrolysis) is 1. The third-order valence-corrected chi connectivity index (χ3v) is 7.82. The lowest BCUT2D eigenvalue weighted by molar-refractivity contribution is -0.126. The van der Waals surface area contributed by atoms with Crippen LogP contribution in [0, 0.1) is 5.92 Å². The summed E-state index contributed by atoms with van der Waals surface area (Å²) in [6, 6.07) is 15.5. The van der Waals surface area contributed by atoms with Crippen molar-refractivity contribution >= 4 is 18.0 Å². The standard InChI is InChI=1S/C34H51N5O6/c1-23(2)28(37-32(43)39-19-17-38(6)18-20-39)31(42)35-26(21-24-13-9-7-10-14-24)29(40)30(41)27(22-25-15-11-8-12-16-25)36-33(44)45-34(3,4)5/h7-16,23,26-30,40-41H,17-22H2,1-6H3,(H,35,42)(H,36,44)(H,37,43)/t26-,27-,28-,29-,30+/m0/s1. The van der Waals surface area contributed by atoms with Crippen molar-refractivity contribution in [3.8, 4) is 0 Å². The number of hydrogen-bond donors (Lipinski definition) is 5. The second-order valence-corrected chi connectivity index (χ2v) is 13.2. The van der Waals surface area contributed by atoms with Gasteiger partial charge in [-0.15, -0.1) is 0 Å². The maximum atomic E-state index is 13.7. The number of nitrogens with one attached hydrogen (secondary N) is 3. The van der Waals surface area contributed by atoms with Crippen molar-refractivity contribution in [2.75, 3.05) is 33.2 Å². The third kappa shape index (κ3) is 11.6. The number of aliphatic hydroxyl groups excluding tert-OH is 2. The van der Waals surface area contributed by atoms with Crippen LogP contribution < -0.4 is 16.0 Å². The summed E-state index contributed by atoms with van der Waals surface area (Å²) in [7, 11) is 2.00. The second kappa shape index (κ2) is 16.6. The second-order valence-electron chi connectivity index (χ2n) is 13.2. The van der Waals surface area contributed by atoms with E-state index >= 15 is 0 Å². The Morgan fingerprint density at radius 3 is 1.69 bits per heavy atom. The number of piperazine rings is 1. The van der Waals surface area contributed by atoms with Crippen LogP contribution in [0.2, 0.25) is 0 Å². The van der Waals surface area contributed by atoms with E-state index in [0.29, 0.717) is 13.1 Å². The van der Waals surface area contributed by atoms with Gasteiger partial charge in [-0.05, 0) is 57.7 Å². The summed E-state index contributed by atoms with van der Waals surface area (Å²) in [5.41, 5.74) is 0.895. The average molecular weight is 626 g/mol. The van der Waals surface area contributed by atoms with Gasteiger partial charge < -0.3 is 40.7 Å². The zero-order valence-corrected chi connectivity index (χ0v) is 27.4. The zero-order chi connectivity index (χ0) is 33.1. The van der Waals surface area contributed by atoms with Crippen molar-refractivity contribution in [1.29, 1.82) is 0 Å². The van der Waals surface area contributed by atoms with Gasteiger partial charge in [0, 0.05) is 26.2 Å². The highest BCUT2D eigenvalue weighted by atomic mass is 16.6. The zero-order valence-electron chi connectivity index (χ0n) is 27.4. The van der Waals surface area contributed by atoms with E-state index in [1.165, 1.54) is 0 Å². The van der Waals surface area contributed by atoms with Gasteiger partial charge in [0.1, 0.15) is 23.9 Å². The van der Waals surface area contributed by atoms with E-state index in [9.17, 15) is 24.6 Å². The molecule has 0 radical (unpaired) electrons. The summed E-state index contributed by atoms with van der Waals surface area (Å²) in [4.78, 5) is 43.5. The molecule has 1 aliphatic rings. The van der Waals surface area contributed by atoms with E-state index in [2.05, 4.69) is 20.9 Å². The number of amides is 4. The molecule has 45 heavy (non-hydrogen) atoms. The summed E-state index contributed by atoms with van der Waals surface area (Å²) >= 11 is 0. The molecule has 0 bridgehead atoms. The Kier molecular flexibility index (Phi) is 13.2. The van der Waals surface area contributed by atoms with Gasteiger partial charge >= 0.3 is 12.1 Å². The van der Waals surface area contributed by atoms with E-state index in [-0.39, 0.29) is 24.8 Å². The van der Waals surface area contributed by atoms with E-state index in [1.807, 2.05) is 81.6 Å². The molecule has 0 spiro atoms. The van der Waals surface area contributed by atoms with Crippen LogP contribution in [0.15, 0.2) is 60.7 Å². The number of rotatable bonds is 12. The van der Waals surface area contributed by atoms with Crippen LogP contribution in [0.5, 0.6) is 0 Å². The van der Waals surface area contributed by atoms with Crippen LogP contribution in [0.3, 0.4) is 0 Å². The summed E-state index contributed by atoms with van der Waals surface area (Å²) in [5, 5.41) is 31.8. The van der Waals surface area contributed by atoms with Gasteiger partial charge in [-0.2, -0.15) is 0 Å². The molecule has 0 unspecified atom stereocenters. The van der Waals surface area contributed by atoms with Crippen molar-refractivity contribution in [3.63, 3.8) is 0 Å². The van der Waals surface area contributed by atoms with Crippen LogP contribution >= 0.6 is 0 Å². The van der Waals surface area contributed by atoms with Gasteiger partial charge in [0.05, 0.1) is 12.1 Å². The predicted octanol–water partition coefficient (Wildman–Crippen LogP) is 2.55. The molecule has 2 aromatic carbocycles. The largest absolute Gasteiger partial charge is 0.444 e. The maximum Gasteiger partial charge on any atom is 0.407 e. The number of urea groups is 1. The Morgan fingerprint density at radius 2 is 1.24 bits per heavy atom. The number of aliphatic hydroxyl groups is 2. The molecule has 2 aromatic rings. The first kappa shape index (κ1) is 35.8. The molecule has 0 aliphatic carbocycles. The van der Waals surface area contributed by atoms with Crippen molar-refractivity contribution in [2.24, 2.45) is 5.92 Å². The first-order chi connectivity index (χ1) is 21.2. The highest BCUT2D eigenvalue weighted by Gasteiger charge is 2.37. The van der Waals surface area contributed by atoms with E-state index < -0.39 is 47.9 Å². The van der Waals surface area contributed by atoms with Gasteiger partial charge in [0.15, 0.2) is 0 Å². The number of ether oxygens (including phenoxy) is 1. The number of carbonyl (C=O) groups excluding carboxylic acids is 3. The summed E-state index contributed by atoms with van der Waals surface area (Å²) in [6.45, 7) is 11.5. The fourth-order valence-electron chi connectivity index (χ4n) is 5.23. The van der Waals surface area contributed by atoms with Crippen LogP contribution in [0.1, 0.15) is 45.7 Å². The van der Waals surface area contributed by atoms with Crippen LogP contribution in [0.25, 0.3) is 0 Å². The molecule has 1 fully saturated rings. The lowest BCUT2D eigenvalue weighted by Crippen LogP contribution is -2.61. The first-order valence-electron chi connectivity index (χ1n) is 15.7. The lowest BCUT2D eigenvalue weighted by Gasteiger charge is -2.36. The Hall–Kier alpha value is -3.67. The summed E-state index contributed by atoms with van der Waals surface area (Å²) < 4.78 is 5.45. The number of carbonyl (C=O) groups is 3. The Balaban J connectivity index is 1.83. The molecule has 5 N–H and O–H groups in total. The minimum Gasteiger partial charge on any atom is -0.444 e. The number of nitrogens with zero attached hydrogens (tertiary/aromatic N) is 2. The number of benzene rings is 2. The molecule has 248 valence electrons. The van der Waals surface area contributed by atoms with Crippen molar-refractivity contribution < 1.29 is 29.3 Å². The van der Waals surface area contributed by atoms with E-state index in [1.54, 1.807) is 25.7 Å². The van der Waals surface area contributed by atoms with Gasteiger partial charge in [-0.3, -0.25) is 4.79 Å². The summed E-state index contributed by atoms with van der Waals surface area (Å²) in [5.74, 6) is -0.722. The van der Waals surface area contributed by atoms with Gasteiger partial charge in [-0.1, -0.05) is 74.5 Å². The van der Waals surface area contributed by atoms with Gasteiger partial charge in [0.2, 0.25) is 5.91 Å². The van der Waals surface area contributed by atoms with Crippen LogP contribution in [0.4, 0.5) is 9.59 Å². The molecule has 0 saturated carbocycles. The SMILES string of the molecule is CC(C)[C@H](NC(=O)N1CCN(C)CC1)C(=O)N[C@@H](Cc1ccccc1)[C@H](O)[C@H](O)[C@H](Cc1ccccc1)NC(=O)OC(C)(C)C. The van der Waals surface area contributed by atoms with Crippen molar-refractivity contribution in [2.45, 2.75) is 83.4 Å². The molecule has 3 rings (SSSR count). The monoisotopic (exact) mass is 625 g/mol. The van der Waals surface area contributed by atoms with Crippen LogP contribution in [-0.4, -0.2) is 107 Å². The third-order valence-electron chi connectivity index (χ3n) is 7.82. The minimum absolute atomic E-state index is 0.201. The molecule has 5 atom stereocenters. The highest BCUT2D eigenvalue weighted by Crippen LogP contribution is 2.17. The lowest BCUT2D eigenvalue weighted by atomic mass is 9.90. The topological polar surface area (TPSA) is 143 Å². The molecule has 11 nitrogen and oxygen atoms in total. The molecule has 1 aliphatic heterocycles. The number of likely N-dealkylation sites (N-methyl/N-ethyl adjacent to an activating group) is 1. The maximum absolute atomic E-state index is 13.7. The quantitative estimate of drug-likeness (QED) is 0.244. The highest BCUT2D eigenvalue weighted by molar-refractivity contribution is 5.87. The molecule has 0 aromatic heterocycles. The minimum atomic E-state index is -1.49. The normalized spacial score (nSPS) is 17.5. The fourth-order valence-corrected chi connectivity index (χ4v) is 5.23. The average Bonchev–Trinajstić information content (AvgIpc) is 2.98. The van der Waals surface area contributed by atoms with E-state index in [0.717, 1.165) is 24.2 Å². The Labute approximate surface area is 267 Å². The van der Waals surface area contributed by atoms with Crippen molar-refractivity contribution in [1.82, 2.24) is 25.8 Å². The Bertz CT molecular complexity index is 1210. The van der Waals surface area contributed by atoms with Crippen molar-refractivity contribution in [3.05, 3.63) is 71.8 Å². The molecule has 11 heteroatoms. The molecule has 4 amide bonds. The van der Waals surface area contributed by atoms with Crippen LogP contribution in [-0.2, 0) is 22.4 Å². The number of hydrogen-bond acceptors (Lipinski definition) is 7.